The van der Waals surface area contributed by atoms with Crippen LogP contribution in [-0.2, 0) is 4.79 Å². The number of amides is 1. The second-order valence-corrected chi connectivity index (χ2v) is 5.73. The van der Waals surface area contributed by atoms with Crippen molar-refractivity contribution in [2.24, 2.45) is 5.41 Å². The van der Waals surface area contributed by atoms with Crippen molar-refractivity contribution < 1.29 is 9.53 Å². The van der Waals surface area contributed by atoms with Crippen LogP contribution in [0.4, 0.5) is 5.69 Å². The van der Waals surface area contributed by atoms with E-state index in [0.29, 0.717) is 11.2 Å². The van der Waals surface area contributed by atoms with Gasteiger partial charge in [0.15, 0.2) is 6.61 Å². The molecule has 0 bridgehead atoms. The largest absolute Gasteiger partial charge is 0.484 e. The number of carbonyl (C=O) groups is 1. The molecule has 0 atom stereocenters. The van der Waals surface area contributed by atoms with Gasteiger partial charge in [-0.25, -0.2) is 0 Å². The van der Waals surface area contributed by atoms with Gasteiger partial charge in [0.25, 0.3) is 5.91 Å². The fourth-order valence-electron chi connectivity index (χ4n) is 1.50. The zero-order valence-corrected chi connectivity index (χ0v) is 12.2. The van der Waals surface area contributed by atoms with E-state index in [-0.39, 0.29) is 12.5 Å². The van der Waals surface area contributed by atoms with E-state index < -0.39 is 0 Å². The second kappa shape index (κ2) is 7.02. The van der Waals surface area contributed by atoms with Crippen LogP contribution in [0.1, 0.15) is 27.2 Å². The molecule has 1 aromatic rings. The molecule has 0 aromatic heterocycles. The molecular weight excluding hydrogens is 240 g/mol. The van der Waals surface area contributed by atoms with Crippen LogP contribution in [0, 0.1) is 5.41 Å². The topological polar surface area (TPSA) is 50.4 Å². The van der Waals surface area contributed by atoms with Gasteiger partial charge in [-0.05, 0) is 24.0 Å². The van der Waals surface area contributed by atoms with Crippen molar-refractivity contribution >= 4 is 11.6 Å². The molecule has 0 aliphatic rings. The standard InChI is InChI=1S/C15H24N2O2/c1-15(2,3)8-9-17-12-6-5-7-13(10-12)19-11-14(18)16-4/h5-7,10,17H,8-9,11H2,1-4H3,(H,16,18). The van der Waals surface area contributed by atoms with Crippen molar-refractivity contribution in [1.29, 1.82) is 0 Å². The average Bonchev–Trinajstić information content (AvgIpc) is 2.35. The maximum absolute atomic E-state index is 11.1. The number of nitrogens with one attached hydrogen (secondary N) is 2. The van der Waals surface area contributed by atoms with Gasteiger partial charge in [0.1, 0.15) is 5.75 Å². The molecule has 0 aliphatic heterocycles. The van der Waals surface area contributed by atoms with E-state index in [9.17, 15) is 4.79 Å². The third kappa shape index (κ3) is 6.70. The molecule has 4 heteroatoms. The van der Waals surface area contributed by atoms with Crippen molar-refractivity contribution in [2.45, 2.75) is 27.2 Å². The smallest absolute Gasteiger partial charge is 0.257 e. The summed E-state index contributed by atoms with van der Waals surface area (Å²) in [6.07, 6.45) is 1.09. The van der Waals surface area contributed by atoms with Crippen molar-refractivity contribution in [2.75, 3.05) is 25.5 Å². The molecule has 0 unspecified atom stereocenters. The van der Waals surface area contributed by atoms with E-state index in [2.05, 4.69) is 31.4 Å². The molecule has 1 amide bonds. The number of anilines is 1. The number of benzene rings is 1. The van der Waals surface area contributed by atoms with E-state index in [0.717, 1.165) is 18.7 Å². The predicted octanol–water partition coefficient (Wildman–Crippen LogP) is 2.66. The van der Waals surface area contributed by atoms with E-state index in [1.165, 1.54) is 0 Å². The molecule has 0 aliphatic carbocycles. The minimum atomic E-state index is -0.133. The SMILES string of the molecule is CNC(=O)COc1cccc(NCCC(C)(C)C)c1. The lowest BCUT2D eigenvalue weighted by atomic mass is 9.92. The first-order valence-electron chi connectivity index (χ1n) is 6.58. The number of hydrogen-bond donors (Lipinski definition) is 2. The Bertz CT molecular complexity index is 411. The number of likely N-dealkylation sites (N-methyl/N-ethyl adjacent to an activating group) is 1. The Hall–Kier alpha value is -1.71. The van der Waals surface area contributed by atoms with Crippen LogP contribution in [0.2, 0.25) is 0 Å². The lowest BCUT2D eigenvalue weighted by molar-refractivity contribution is -0.122. The van der Waals surface area contributed by atoms with Gasteiger partial charge in [0, 0.05) is 25.3 Å². The summed E-state index contributed by atoms with van der Waals surface area (Å²) in [7, 11) is 1.59. The number of rotatable bonds is 6. The van der Waals surface area contributed by atoms with E-state index in [4.69, 9.17) is 4.74 Å². The fourth-order valence-corrected chi connectivity index (χ4v) is 1.50. The maximum atomic E-state index is 11.1. The lowest BCUT2D eigenvalue weighted by Crippen LogP contribution is -2.24. The summed E-state index contributed by atoms with van der Waals surface area (Å²) in [5.41, 5.74) is 1.33. The number of ether oxygens (including phenoxy) is 1. The monoisotopic (exact) mass is 264 g/mol. The van der Waals surface area contributed by atoms with Crippen LogP contribution in [0.15, 0.2) is 24.3 Å². The van der Waals surface area contributed by atoms with E-state index >= 15 is 0 Å². The summed E-state index contributed by atoms with van der Waals surface area (Å²) in [6, 6.07) is 7.66. The molecule has 1 aromatic carbocycles. The van der Waals surface area contributed by atoms with Crippen LogP contribution in [-0.4, -0.2) is 26.1 Å². The van der Waals surface area contributed by atoms with Gasteiger partial charge >= 0.3 is 0 Å². The lowest BCUT2D eigenvalue weighted by Gasteiger charge is -2.18. The molecule has 0 fully saturated rings. The Kier molecular flexibility index (Phi) is 5.67. The van der Waals surface area contributed by atoms with Crippen LogP contribution in [0.3, 0.4) is 0 Å². The van der Waals surface area contributed by atoms with Gasteiger partial charge in [-0.3, -0.25) is 4.79 Å². The van der Waals surface area contributed by atoms with E-state index in [1.54, 1.807) is 7.05 Å². The number of carbonyl (C=O) groups excluding carboxylic acids is 1. The van der Waals surface area contributed by atoms with Gasteiger partial charge in [-0.2, -0.15) is 0 Å². The zero-order valence-electron chi connectivity index (χ0n) is 12.2. The summed E-state index contributed by atoms with van der Waals surface area (Å²) in [5, 5.41) is 5.88. The van der Waals surface area contributed by atoms with E-state index in [1.807, 2.05) is 24.3 Å². The molecule has 19 heavy (non-hydrogen) atoms. The first-order chi connectivity index (χ1) is 8.90. The first-order valence-corrected chi connectivity index (χ1v) is 6.58. The molecule has 1 rings (SSSR count). The molecular formula is C15H24N2O2. The zero-order chi connectivity index (χ0) is 14.3. The van der Waals surface area contributed by atoms with Crippen LogP contribution < -0.4 is 15.4 Å². The maximum Gasteiger partial charge on any atom is 0.257 e. The summed E-state index contributed by atoms with van der Waals surface area (Å²) < 4.78 is 5.39. The minimum Gasteiger partial charge on any atom is -0.484 e. The highest BCUT2D eigenvalue weighted by Crippen LogP contribution is 2.20. The first kappa shape index (κ1) is 15.3. The normalized spacial score (nSPS) is 10.9. The number of hydrogen-bond acceptors (Lipinski definition) is 3. The highest BCUT2D eigenvalue weighted by Gasteiger charge is 2.09. The van der Waals surface area contributed by atoms with Gasteiger partial charge in [-0.1, -0.05) is 26.8 Å². The average molecular weight is 264 g/mol. The van der Waals surface area contributed by atoms with Crippen molar-refractivity contribution in [3.8, 4) is 5.75 Å². The summed E-state index contributed by atoms with van der Waals surface area (Å²) in [5.74, 6) is 0.565. The van der Waals surface area contributed by atoms with Crippen LogP contribution >= 0.6 is 0 Å². The third-order valence-electron chi connectivity index (χ3n) is 2.69. The second-order valence-electron chi connectivity index (χ2n) is 5.73. The summed E-state index contributed by atoms with van der Waals surface area (Å²) in [6.45, 7) is 7.62. The van der Waals surface area contributed by atoms with Gasteiger partial charge < -0.3 is 15.4 Å². The molecule has 2 N–H and O–H groups in total. The Morgan fingerprint density at radius 3 is 2.68 bits per heavy atom. The van der Waals surface area contributed by atoms with Crippen LogP contribution in [0.25, 0.3) is 0 Å². The Morgan fingerprint density at radius 2 is 2.05 bits per heavy atom. The van der Waals surface area contributed by atoms with Gasteiger partial charge in [0.2, 0.25) is 0 Å². The predicted molar refractivity (Wildman–Crippen MR) is 78.6 cm³/mol. The third-order valence-corrected chi connectivity index (χ3v) is 2.69. The van der Waals surface area contributed by atoms with Crippen molar-refractivity contribution in [1.82, 2.24) is 5.32 Å². The molecule has 0 radical (unpaired) electrons. The van der Waals surface area contributed by atoms with Crippen LogP contribution in [0.5, 0.6) is 5.75 Å². The van der Waals surface area contributed by atoms with Crippen molar-refractivity contribution in [3.63, 3.8) is 0 Å². The molecule has 4 nitrogen and oxygen atoms in total. The molecule has 0 spiro atoms. The highest BCUT2D eigenvalue weighted by molar-refractivity contribution is 5.77. The molecule has 0 saturated carbocycles. The van der Waals surface area contributed by atoms with Gasteiger partial charge in [0.05, 0.1) is 0 Å². The van der Waals surface area contributed by atoms with Crippen molar-refractivity contribution in [3.05, 3.63) is 24.3 Å². The molecule has 106 valence electrons. The highest BCUT2D eigenvalue weighted by atomic mass is 16.5. The minimum absolute atomic E-state index is 0.0436. The molecule has 0 heterocycles. The Morgan fingerprint density at radius 1 is 1.32 bits per heavy atom. The van der Waals surface area contributed by atoms with Gasteiger partial charge in [-0.15, -0.1) is 0 Å². The Labute approximate surface area is 115 Å². The molecule has 0 saturated heterocycles. The quantitative estimate of drug-likeness (QED) is 0.830. The fraction of sp³-hybridized carbons (Fsp3) is 0.533. The summed E-state index contributed by atoms with van der Waals surface area (Å²) >= 11 is 0. The Balaban J connectivity index is 2.45. The summed E-state index contributed by atoms with van der Waals surface area (Å²) in [4.78, 5) is 11.1.